The smallest absolute Gasteiger partial charge is 0.335 e. The zero-order chi connectivity index (χ0) is 13.8. The minimum absolute atomic E-state index is 0.265. The maximum Gasteiger partial charge on any atom is 0.335 e. The molecule has 0 unspecified atom stereocenters. The number of aromatic carboxylic acids is 1. The molecule has 0 saturated carbocycles. The summed E-state index contributed by atoms with van der Waals surface area (Å²) in [5.74, 6) is -0.930. The highest BCUT2D eigenvalue weighted by molar-refractivity contribution is 9.10. The monoisotopic (exact) mass is 383 g/mol. The molecule has 5 heteroatoms. The van der Waals surface area contributed by atoms with Crippen LogP contribution in [-0.2, 0) is 6.54 Å². The molecule has 0 saturated heterocycles. The van der Waals surface area contributed by atoms with Crippen LogP contribution in [0, 0.1) is 0 Å². The zero-order valence-corrected chi connectivity index (χ0v) is 13.0. The molecule has 2 aromatic rings. The molecule has 0 heterocycles. The molecule has 0 fully saturated rings. The van der Waals surface area contributed by atoms with E-state index in [0.29, 0.717) is 6.54 Å². The second kappa shape index (κ2) is 6.21. The van der Waals surface area contributed by atoms with Crippen LogP contribution in [0.2, 0.25) is 0 Å². The third-order valence-electron chi connectivity index (χ3n) is 2.61. The number of carboxylic acid groups (broad SMARTS) is 1. The molecular weight excluding hydrogens is 374 g/mol. The molecule has 0 bridgehead atoms. The highest BCUT2D eigenvalue weighted by Crippen LogP contribution is 2.24. The Hall–Kier alpha value is -1.33. The third kappa shape index (κ3) is 3.81. The minimum atomic E-state index is -0.930. The third-order valence-corrected chi connectivity index (χ3v) is 3.80. The van der Waals surface area contributed by atoms with Crippen LogP contribution in [0.5, 0.6) is 0 Å². The maximum atomic E-state index is 10.8. The Labute approximate surface area is 127 Å². The maximum absolute atomic E-state index is 10.8. The van der Waals surface area contributed by atoms with Gasteiger partial charge in [0.2, 0.25) is 0 Å². The lowest BCUT2D eigenvalue weighted by atomic mass is 10.2. The molecule has 98 valence electrons. The quantitative estimate of drug-likeness (QED) is 0.814. The summed E-state index contributed by atoms with van der Waals surface area (Å²) in [6.07, 6.45) is 0. The van der Waals surface area contributed by atoms with Crippen LogP contribution in [0.25, 0.3) is 0 Å². The van der Waals surface area contributed by atoms with Crippen molar-refractivity contribution in [2.75, 3.05) is 5.32 Å². The Morgan fingerprint density at radius 1 is 1.11 bits per heavy atom. The fourth-order valence-corrected chi connectivity index (χ4v) is 2.37. The first kappa shape index (κ1) is 14.1. The largest absolute Gasteiger partial charge is 0.478 e. The van der Waals surface area contributed by atoms with Gasteiger partial charge in [0.1, 0.15) is 0 Å². The van der Waals surface area contributed by atoms with Crippen molar-refractivity contribution < 1.29 is 9.90 Å². The summed E-state index contributed by atoms with van der Waals surface area (Å²) in [7, 11) is 0. The van der Waals surface area contributed by atoms with E-state index in [4.69, 9.17) is 5.11 Å². The first-order valence-corrected chi connectivity index (χ1v) is 7.16. The van der Waals surface area contributed by atoms with Crippen LogP contribution in [0.1, 0.15) is 15.9 Å². The number of benzene rings is 2. The Morgan fingerprint density at radius 3 is 2.37 bits per heavy atom. The van der Waals surface area contributed by atoms with Crippen molar-refractivity contribution in [1.29, 1.82) is 0 Å². The summed E-state index contributed by atoms with van der Waals surface area (Å²) in [6.45, 7) is 0.679. The number of hydrogen-bond acceptors (Lipinski definition) is 2. The van der Waals surface area contributed by atoms with Crippen molar-refractivity contribution in [3.05, 3.63) is 62.5 Å². The van der Waals surface area contributed by atoms with E-state index < -0.39 is 5.97 Å². The van der Waals surface area contributed by atoms with E-state index in [1.54, 1.807) is 18.2 Å². The zero-order valence-electron chi connectivity index (χ0n) is 9.86. The van der Waals surface area contributed by atoms with E-state index in [9.17, 15) is 4.79 Å². The van der Waals surface area contributed by atoms with E-state index in [-0.39, 0.29) is 5.56 Å². The summed E-state index contributed by atoms with van der Waals surface area (Å²) in [6, 6.07) is 12.9. The molecule has 0 aliphatic heterocycles. The number of carboxylic acids is 1. The van der Waals surface area contributed by atoms with Crippen LogP contribution >= 0.6 is 31.9 Å². The van der Waals surface area contributed by atoms with E-state index >= 15 is 0 Å². The standard InChI is InChI=1S/C14H11Br2NO2/c15-11-4-1-9(2-5-11)8-17-13-6-3-10(14(18)19)7-12(13)16/h1-7,17H,8H2,(H,18,19). The average molecular weight is 385 g/mol. The normalized spacial score (nSPS) is 10.2. The van der Waals surface area contributed by atoms with E-state index in [1.165, 1.54) is 0 Å². The number of anilines is 1. The Balaban J connectivity index is 2.07. The van der Waals surface area contributed by atoms with Gasteiger partial charge in [-0.25, -0.2) is 4.79 Å². The highest BCUT2D eigenvalue weighted by Gasteiger charge is 2.06. The number of hydrogen-bond donors (Lipinski definition) is 2. The molecule has 0 amide bonds. The van der Waals surface area contributed by atoms with Gasteiger partial charge in [0, 0.05) is 21.2 Å². The van der Waals surface area contributed by atoms with E-state index in [2.05, 4.69) is 37.2 Å². The Bertz CT molecular complexity index is 597. The van der Waals surface area contributed by atoms with Crippen molar-refractivity contribution in [1.82, 2.24) is 0 Å². The molecule has 0 atom stereocenters. The summed E-state index contributed by atoms with van der Waals surface area (Å²) >= 11 is 6.76. The lowest BCUT2D eigenvalue weighted by Crippen LogP contribution is -2.02. The van der Waals surface area contributed by atoms with Gasteiger partial charge in [-0.15, -0.1) is 0 Å². The lowest BCUT2D eigenvalue weighted by molar-refractivity contribution is 0.0697. The Kier molecular flexibility index (Phi) is 4.61. The number of nitrogens with one attached hydrogen (secondary N) is 1. The van der Waals surface area contributed by atoms with Crippen molar-refractivity contribution in [2.45, 2.75) is 6.54 Å². The SMILES string of the molecule is O=C(O)c1ccc(NCc2ccc(Br)cc2)c(Br)c1. The molecule has 0 spiro atoms. The summed E-state index contributed by atoms with van der Waals surface area (Å²) in [5, 5.41) is 12.1. The minimum Gasteiger partial charge on any atom is -0.478 e. The average Bonchev–Trinajstić information content (AvgIpc) is 2.39. The predicted molar refractivity (Wildman–Crippen MR) is 82.6 cm³/mol. The number of halogens is 2. The first-order chi connectivity index (χ1) is 9.06. The van der Waals surface area contributed by atoms with Crippen LogP contribution in [0.3, 0.4) is 0 Å². The topological polar surface area (TPSA) is 49.3 Å². The van der Waals surface area contributed by atoms with Crippen LogP contribution in [-0.4, -0.2) is 11.1 Å². The second-order valence-electron chi connectivity index (χ2n) is 3.98. The second-order valence-corrected chi connectivity index (χ2v) is 5.75. The van der Waals surface area contributed by atoms with Gasteiger partial charge in [-0.05, 0) is 51.8 Å². The molecule has 2 aromatic carbocycles. The van der Waals surface area contributed by atoms with E-state index in [0.717, 1.165) is 20.2 Å². The van der Waals surface area contributed by atoms with Crippen LogP contribution in [0.15, 0.2) is 51.4 Å². The van der Waals surface area contributed by atoms with Gasteiger partial charge in [0.15, 0.2) is 0 Å². The number of rotatable bonds is 4. The lowest BCUT2D eigenvalue weighted by Gasteiger charge is -2.09. The van der Waals surface area contributed by atoms with Gasteiger partial charge >= 0.3 is 5.97 Å². The van der Waals surface area contributed by atoms with Gasteiger partial charge in [-0.1, -0.05) is 28.1 Å². The molecule has 2 rings (SSSR count). The molecule has 0 aliphatic carbocycles. The first-order valence-electron chi connectivity index (χ1n) is 5.57. The van der Waals surface area contributed by atoms with Gasteiger partial charge in [0.05, 0.1) is 5.56 Å². The fraction of sp³-hybridized carbons (Fsp3) is 0.0714. The van der Waals surface area contributed by atoms with Gasteiger partial charge in [-0.3, -0.25) is 0 Å². The molecule has 0 aromatic heterocycles. The summed E-state index contributed by atoms with van der Waals surface area (Å²) < 4.78 is 1.78. The molecule has 0 radical (unpaired) electrons. The van der Waals surface area contributed by atoms with Gasteiger partial charge in [-0.2, -0.15) is 0 Å². The molecular formula is C14H11Br2NO2. The highest BCUT2D eigenvalue weighted by atomic mass is 79.9. The van der Waals surface area contributed by atoms with Crippen molar-refractivity contribution >= 4 is 43.5 Å². The van der Waals surface area contributed by atoms with Crippen molar-refractivity contribution in [2.24, 2.45) is 0 Å². The summed E-state index contributed by atoms with van der Waals surface area (Å²) in [4.78, 5) is 10.8. The molecule has 3 nitrogen and oxygen atoms in total. The molecule has 2 N–H and O–H groups in total. The van der Waals surface area contributed by atoms with Gasteiger partial charge < -0.3 is 10.4 Å². The molecule has 19 heavy (non-hydrogen) atoms. The van der Waals surface area contributed by atoms with Crippen molar-refractivity contribution in [3.8, 4) is 0 Å². The fourth-order valence-electron chi connectivity index (χ4n) is 1.59. The Morgan fingerprint density at radius 2 is 1.79 bits per heavy atom. The van der Waals surface area contributed by atoms with Gasteiger partial charge in [0.25, 0.3) is 0 Å². The predicted octanol–water partition coefficient (Wildman–Crippen LogP) is 4.52. The number of carbonyl (C=O) groups is 1. The van der Waals surface area contributed by atoms with Crippen LogP contribution in [0.4, 0.5) is 5.69 Å². The van der Waals surface area contributed by atoms with Crippen LogP contribution < -0.4 is 5.32 Å². The van der Waals surface area contributed by atoms with E-state index in [1.807, 2.05) is 24.3 Å². The van der Waals surface area contributed by atoms with Crippen molar-refractivity contribution in [3.63, 3.8) is 0 Å². The molecule has 0 aliphatic rings. The summed E-state index contributed by atoms with van der Waals surface area (Å²) in [5.41, 5.74) is 2.28.